The van der Waals surface area contributed by atoms with Crippen molar-refractivity contribution in [3.05, 3.63) is 46.8 Å². The highest BCUT2D eigenvalue weighted by Crippen LogP contribution is 2.19. The summed E-state index contributed by atoms with van der Waals surface area (Å²) in [5, 5.41) is 3.91. The molecule has 2 aromatic rings. The monoisotopic (exact) mass is 330 g/mol. The number of aromatic nitrogens is 1. The highest BCUT2D eigenvalue weighted by molar-refractivity contribution is 5.94. The summed E-state index contributed by atoms with van der Waals surface area (Å²) in [7, 11) is 0. The Balaban J connectivity index is 1.62. The molecule has 1 aliphatic rings. The van der Waals surface area contributed by atoms with Crippen LogP contribution in [0.2, 0.25) is 0 Å². The van der Waals surface area contributed by atoms with Crippen LogP contribution in [0, 0.1) is 13.8 Å². The van der Waals surface area contributed by atoms with Crippen molar-refractivity contribution in [2.24, 2.45) is 0 Å². The molecule has 1 saturated heterocycles. The predicted molar refractivity (Wildman–Crippen MR) is 88.1 cm³/mol. The lowest BCUT2D eigenvalue weighted by Crippen LogP contribution is -2.44. The zero-order chi connectivity index (χ0) is 17.1. The van der Waals surface area contributed by atoms with Gasteiger partial charge in [0, 0.05) is 18.7 Å². The van der Waals surface area contributed by atoms with Crippen LogP contribution in [0.15, 0.2) is 28.8 Å². The van der Waals surface area contributed by atoms with Crippen LogP contribution in [-0.4, -0.2) is 41.8 Å². The molecule has 1 aromatic heterocycles. The van der Waals surface area contributed by atoms with Crippen LogP contribution in [-0.2, 0) is 11.3 Å². The van der Waals surface area contributed by atoms with Gasteiger partial charge in [0.05, 0.1) is 24.0 Å². The van der Waals surface area contributed by atoms with Gasteiger partial charge in [0.25, 0.3) is 5.91 Å². The van der Waals surface area contributed by atoms with Gasteiger partial charge in [-0.25, -0.2) is 0 Å². The molecule has 6 heteroatoms. The van der Waals surface area contributed by atoms with Crippen LogP contribution in [0.1, 0.15) is 34.3 Å². The Morgan fingerprint density at radius 2 is 2.08 bits per heavy atom. The fourth-order valence-corrected chi connectivity index (χ4v) is 2.74. The van der Waals surface area contributed by atoms with Crippen LogP contribution in [0.4, 0.5) is 0 Å². The molecule has 24 heavy (non-hydrogen) atoms. The summed E-state index contributed by atoms with van der Waals surface area (Å²) < 4.78 is 16.4. The fourth-order valence-electron chi connectivity index (χ4n) is 2.74. The van der Waals surface area contributed by atoms with Crippen LogP contribution in [0.5, 0.6) is 5.75 Å². The molecule has 2 heterocycles. The molecular formula is C18H22N2O4. The third-order valence-corrected chi connectivity index (χ3v) is 4.19. The van der Waals surface area contributed by atoms with E-state index in [0.29, 0.717) is 37.6 Å². The third kappa shape index (κ3) is 3.59. The first kappa shape index (κ1) is 16.5. The van der Waals surface area contributed by atoms with Crippen LogP contribution < -0.4 is 4.74 Å². The standard InChI is InChI=1S/C18H22N2O4/c1-12-10-20(8-9-22-12)18(21)15-4-6-16(7-5-15)23-11-17-13(2)19-24-14(17)3/h4-7,12H,8-11H2,1-3H3/t12-/m0/s1. The van der Waals surface area contributed by atoms with Crippen molar-refractivity contribution in [2.75, 3.05) is 19.7 Å². The van der Waals surface area contributed by atoms with E-state index in [1.807, 2.05) is 37.8 Å². The first-order chi connectivity index (χ1) is 11.5. The van der Waals surface area contributed by atoms with Crippen molar-refractivity contribution in [2.45, 2.75) is 33.5 Å². The molecule has 0 unspecified atom stereocenters. The van der Waals surface area contributed by atoms with Crippen molar-refractivity contribution in [1.82, 2.24) is 10.1 Å². The lowest BCUT2D eigenvalue weighted by molar-refractivity contribution is -0.0124. The number of carbonyl (C=O) groups excluding carboxylic acids is 1. The Morgan fingerprint density at radius 1 is 1.33 bits per heavy atom. The van der Waals surface area contributed by atoms with Gasteiger partial charge in [-0.2, -0.15) is 0 Å². The maximum atomic E-state index is 12.5. The average molecular weight is 330 g/mol. The SMILES string of the molecule is Cc1noc(C)c1COc1ccc(C(=O)N2CCO[C@@H](C)C2)cc1. The maximum absolute atomic E-state index is 12.5. The van der Waals surface area contributed by atoms with E-state index in [2.05, 4.69) is 5.16 Å². The van der Waals surface area contributed by atoms with Crippen molar-refractivity contribution in [3.8, 4) is 5.75 Å². The van der Waals surface area contributed by atoms with Gasteiger partial charge < -0.3 is 18.9 Å². The van der Waals surface area contributed by atoms with Gasteiger partial charge in [-0.15, -0.1) is 0 Å². The Bertz CT molecular complexity index is 689. The molecule has 0 saturated carbocycles. The molecule has 6 nitrogen and oxygen atoms in total. The van der Waals surface area contributed by atoms with E-state index in [1.54, 1.807) is 12.1 Å². The summed E-state index contributed by atoms with van der Waals surface area (Å²) in [6.45, 7) is 7.98. The van der Waals surface area contributed by atoms with Gasteiger partial charge in [-0.1, -0.05) is 5.16 Å². The minimum Gasteiger partial charge on any atom is -0.489 e. The molecule has 128 valence electrons. The fraction of sp³-hybridized carbons (Fsp3) is 0.444. The number of morpholine rings is 1. The molecule has 1 aliphatic heterocycles. The summed E-state index contributed by atoms with van der Waals surface area (Å²) >= 11 is 0. The van der Waals surface area contributed by atoms with Crippen molar-refractivity contribution in [1.29, 1.82) is 0 Å². The Kier molecular flexibility index (Phi) is 4.85. The summed E-state index contributed by atoms with van der Waals surface area (Å²) in [5.41, 5.74) is 2.45. The first-order valence-corrected chi connectivity index (χ1v) is 8.10. The number of nitrogens with zero attached hydrogens (tertiary/aromatic N) is 2. The Labute approximate surface area is 141 Å². The molecule has 0 bridgehead atoms. The number of amides is 1. The van der Waals surface area contributed by atoms with E-state index in [9.17, 15) is 4.79 Å². The number of aryl methyl sites for hydroxylation is 2. The van der Waals surface area contributed by atoms with E-state index < -0.39 is 0 Å². The first-order valence-electron chi connectivity index (χ1n) is 8.10. The number of hydrogen-bond donors (Lipinski definition) is 0. The normalized spacial score (nSPS) is 17.8. The second kappa shape index (κ2) is 7.05. The maximum Gasteiger partial charge on any atom is 0.254 e. The largest absolute Gasteiger partial charge is 0.489 e. The molecule has 1 amide bonds. The second-order valence-corrected chi connectivity index (χ2v) is 6.05. The van der Waals surface area contributed by atoms with Crippen molar-refractivity contribution >= 4 is 5.91 Å². The smallest absolute Gasteiger partial charge is 0.254 e. The topological polar surface area (TPSA) is 64.8 Å². The molecule has 0 N–H and O–H groups in total. The van der Waals surface area contributed by atoms with Crippen molar-refractivity contribution in [3.63, 3.8) is 0 Å². The minimum absolute atomic E-state index is 0.0300. The lowest BCUT2D eigenvalue weighted by atomic mass is 10.1. The molecule has 0 aliphatic carbocycles. The molecule has 0 spiro atoms. The van der Waals surface area contributed by atoms with E-state index in [-0.39, 0.29) is 12.0 Å². The second-order valence-electron chi connectivity index (χ2n) is 6.05. The summed E-state index contributed by atoms with van der Waals surface area (Å²) in [6.07, 6.45) is 0.0837. The third-order valence-electron chi connectivity index (χ3n) is 4.19. The van der Waals surface area contributed by atoms with Gasteiger partial charge in [-0.05, 0) is 45.0 Å². The molecule has 0 radical (unpaired) electrons. The summed E-state index contributed by atoms with van der Waals surface area (Å²) in [4.78, 5) is 14.3. The zero-order valence-corrected chi connectivity index (χ0v) is 14.2. The highest BCUT2D eigenvalue weighted by Gasteiger charge is 2.22. The van der Waals surface area contributed by atoms with E-state index in [1.165, 1.54) is 0 Å². The highest BCUT2D eigenvalue weighted by atomic mass is 16.5. The van der Waals surface area contributed by atoms with Gasteiger partial charge in [0.2, 0.25) is 0 Å². The van der Waals surface area contributed by atoms with Gasteiger partial charge in [-0.3, -0.25) is 4.79 Å². The van der Waals surface area contributed by atoms with Crippen molar-refractivity contribution < 1.29 is 18.8 Å². The van der Waals surface area contributed by atoms with E-state index >= 15 is 0 Å². The summed E-state index contributed by atoms with van der Waals surface area (Å²) in [6, 6.07) is 7.22. The zero-order valence-electron chi connectivity index (χ0n) is 14.2. The van der Waals surface area contributed by atoms with Crippen LogP contribution in [0.3, 0.4) is 0 Å². The number of hydrogen-bond acceptors (Lipinski definition) is 5. The Hall–Kier alpha value is -2.34. The van der Waals surface area contributed by atoms with Gasteiger partial charge >= 0.3 is 0 Å². The van der Waals surface area contributed by atoms with Crippen LogP contribution >= 0.6 is 0 Å². The lowest BCUT2D eigenvalue weighted by Gasteiger charge is -2.31. The van der Waals surface area contributed by atoms with E-state index in [4.69, 9.17) is 14.0 Å². The predicted octanol–water partition coefficient (Wildman–Crippen LogP) is 2.73. The van der Waals surface area contributed by atoms with Gasteiger partial charge in [0.1, 0.15) is 18.1 Å². The van der Waals surface area contributed by atoms with E-state index in [0.717, 1.165) is 17.0 Å². The van der Waals surface area contributed by atoms with Crippen LogP contribution in [0.25, 0.3) is 0 Å². The number of benzene rings is 1. The molecule has 1 aromatic carbocycles. The minimum atomic E-state index is 0.0300. The molecular weight excluding hydrogens is 308 g/mol. The molecule has 3 rings (SSSR count). The quantitative estimate of drug-likeness (QED) is 0.862. The number of rotatable bonds is 4. The summed E-state index contributed by atoms with van der Waals surface area (Å²) in [5.74, 6) is 1.50. The number of ether oxygens (including phenoxy) is 2. The molecule has 1 atom stereocenters. The average Bonchev–Trinajstić information content (AvgIpc) is 2.91. The van der Waals surface area contributed by atoms with Gasteiger partial charge in [0.15, 0.2) is 0 Å². The molecule has 1 fully saturated rings. The Morgan fingerprint density at radius 3 is 2.71 bits per heavy atom. The number of carbonyl (C=O) groups is 1.